The van der Waals surface area contributed by atoms with Gasteiger partial charge in [-0.2, -0.15) is 0 Å². The number of nitrogens with one attached hydrogen (secondary N) is 1. The molecule has 0 radical (unpaired) electrons. The maximum Gasteiger partial charge on any atom is 0.226 e. The molecule has 1 unspecified atom stereocenters. The van der Waals surface area contributed by atoms with Crippen molar-refractivity contribution in [2.24, 2.45) is 5.92 Å². The van der Waals surface area contributed by atoms with Gasteiger partial charge in [-0.1, -0.05) is 0 Å². The molecule has 6 heteroatoms. The summed E-state index contributed by atoms with van der Waals surface area (Å²) in [4.78, 5) is 30.0. The number of nitrogens with zero attached hydrogens (tertiary/aromatic N) is 3. The van der Waals surface area contributed by atoms with Crippen LogP contribution in [-0.4, -0.2) is 39.9 Å². The van der Waals surface area contributed by atoms with E-state index in [4.69, 9.17) is 0 Å². The number of anilines is 1. The Morgan fingerprint density at radius 2 is 2.00 bits per heavy atom. The highest BCUT2D eigenvalue weighted by Crippen LogP contribution is 2.21. The molecular formula is C18H22N4O2. The number of aryl methyl sites for hydroxylation is 1. The van der Waals surface area contributed by atoms with Crippen LogP contribution in [0.1, 0.15) is 24.2 Å². The van der Waals surface area contributed by atoms with Gasteiger partial charge in [0.05, 0.1) is 12.0 Å². The van der Waals surface area contributed by atoms with E-state index < -0.39 is 0 Å². The van der Waals surface area contributed by atoms with Gasteiger partial charge in [0.15, 0.2) is 0 Å². The molecule has 1 aliphatic rings. The molecule has 0 spiro atoms. The molecule has 0 saturated carbocycles. The largest absolute Gasteiger partial charge is 0.345 e. The number of amides is 2. The summed E-state index contributed by atoms with van der Waals surface area (Å²) in [5.74, 6) is -0.247. The maximum absolute atomic E-state index is 12.1. The topological polar surface area (TPSA) is 67.2 Å². The molecule has 2 heterocycles. The lowest BCUT2D eigenvalue weighted by atomic mass is 10.0. The molecule has 0 aliphatic carbocycles. The second-order valence-corrected chi connectivity index (χ2v) is 6.33. The number of likely N-dealkylation sites (tertiary alicyclic amines) is 1. The number of hydrogen-bond acceptors (Lipinski definition) is 3. The van der Waals surface area contributed by atoms with Crippen LogP contribution in [0.4, 0.5) is 5.69 Å². The van der Waals surface area contributed by atoms with Crippen LogP contribution in [0.2, 0.25) is 0 Å². The van der Waals surface area contributed by atoms with Gasteiger partial charge < -0.3 is 14.8 Å². The van der Waals surface area contributed by atoms with E-state index in [1.165, 1.54) is 0 Å². The average molecular weight is 326 g/mol. The molecule has 1 atom stereocenters. The second kappa shape index (κ2) is 6.47. The van der Waals surface area contributed by atoms with Crippen LogP contribution < -0.4 is 5.32 Å². The maximum atomic E-state index is 12.1. The Morgan fingerprint density at radius 1 is 1.29 bits per heavy atom. The smallest absolute Gasteiger partial charge is 0.226 e. The minimum absolute atomic E-state index is 0.0615. The van der Waals surface area contributed by atoms with E-state index in [0.29, 0.717) is 0 Å². The first-order valence-electron chi connectivity index (χ1n) is 8.11. The van der Waals surface area contributed by atoms with Crippen LogP contribution in [0, 0.1) is 19.8 Å². The van der Waals surface area contributed by atoms with Crippen molar-refractivity contribution < 1.29 is 9.59 Å². The van der Waals surface area contributed by atoms with Crippen molar-refractivity contribution in [3.63, 3.8) is 0 Å². The summed E-state index contributed by atoms with van der Waals surface area (Å²) >= 11 is 0. The van der Waals surface area contributed by atoms with Gasteiger partial charge in [0.1, 0.15) is 0 Å². The van der Waals surface area contributed by atoms with Gasteiger partial charge in [-0.15, -0.1) is 0 Å². The molecule has 1 fully saturated rings. The SMILES string of the molecule is Cc1ncn(-c2ccc(NC(=O)CC3CCN(C)C3=O)cc2)c1C. The Hall–Kier alpha value is -2.63. The third-order valence-electron chi connectivity index (χ3n) is 4.65. The van der Waals surface area contributed by atoms with Gasteiger partial charge in [-0.05, 0) is 44.5 Å². The highest BCUT2D eigenvalue weighted by Gasteiger charge is 2.30. The molecule has 126 valence electrons. The van der Waals surface area contributed by atoms with Crippen molar-refractivity contribution in [2.45, 2.75) is 26.7 Å². The molecule has 3 rings (SSSR count). The molecule has 1 saturated heterocycles. The van der Waals surface area contributed by atoms with Crippen molar-refractivity contribution in [1.29, 1.82) is 0 Å². The fourth-order valence-electron chi connectivity index (χ4n) is 2.98. The van der Waals surface area contributed by atoms with E-state index in [-0.39, 0.29) is 24.2 Å². The summed E-state index contributed by atoms with van der Waals surface area (Å²) < 4.78 is 2.01. The zero-order valence-electron chi connectivity index (χ0n) is 14.2. The highest BCUT2D eigenvalue weighted by atomic mass is 16.2. The summed E-state index contributed by atoms with van der Waals surface area (Å²) in [5.41, 5.74) is 3.82. The van der Waals surface area contributed by atoms with Crippen LogP contribution >= 0.6 is 0 Å². The first kappa shape index (κ1) is 16.2. The molecule has 24 heavy (non-hydrogen) atoms. The molecule has 2 aromatic rings. The molecule has 1 aromatic heterocycles. The molecule has 6 nitrogen and oxygen atoms in total. The molecule has 1 N–H and O–H groups in total. The lowest BCUT2D eigenvalue weighted by Crippen LogP contribution is -2.25. The number of aromatic nitrogens is 2. The number of carbonyl (C=O) groups is 2. The van der Waals surface area contributed by atoms with Crippen LogP contribution in [-0.2, 0) is 9.59 Å². The number of rotatable bonds is 4. The van der Waals surface area contributed by atoms with Gasteiger partial charge in [0.25, 0.3) is 0 Å². The lowest BCUT2D eigenvalue weighted by molar-refractivity contribution is -0.132. The molecule has 1 aromatic carbocycles. The fourth-order valence-corrected chi connectivity index (χ4v) is 2.98. The first-order chi connectivity index (χ1) is 11.5. The van der Waals surface area contributed by atoms with E-state index in [2.05, 4.69) is 10.3 Å². The fraction of sp³-hybridized carbons (Fsp3) is 0.389. The highest BCUT2D eigenvalue weighted by molar-refractivity contribution is 5.94. The molecule has 1 aliphatic heterocycles. The standard InChI is InChI=1S/C18H22N4O2/c1-12-13(2)22(11-19-12)16-6-4-15(5-7-16)20-17(23)10-14-8-9-21(3)18(14)24/h4-7,11,14H,8-10H2,1-3H3,(H,20,23). The van der Waals surface area contributed by atoms with Crippen molar-refractivity contribution in [1.82, 2.24) is 14.5 Å². The van der Waals surface area contributed by atoms with Gasteiger partial charge >= 0.3 is 0 Å². The summed E-state index contributed by atoms with van der Waals surface area (Å²) in [6.45, 7) is 4.73. The Morgan fingerprint density at radius 3 is 2.54 bits per heavy atom. The van der Waals surface area contributed by atoms with Gasteiger partial charge in [0.2, 0.25) is 11.8 Å². The first-order valence-corrected chi connectivity index (χ1v) is 8.11. The Labute approximate surface area is 141 Å². The van der Waals surface area contributed by atoms with E-state index in [9.17, 15) is 9.59 Å². The van der Waals surface area contributed by atoms with E-state index in [1.54, 1.807) is 18.3 Å². The Kier molecular flexibility index (Phi) is 4.38. The molecule has 0 bridgehead atoms. The van der Waals surface area contributed by atoms with E-state index in [1.807, 2.05) is 42.7 Å². The van der Waals surface area contributed by atoms with Crippen LogP contribution in [0.25, 0.3) is 5.69 Å². The second-order valence-electron chi connectivity index (χ2n) is 6.33. The van der Waals surface area contributed by atoms with Gasteiger partial charge in [-0.3, -0.25) is 9.59 Å². The zero-order chi connectivity index (χ0) is 17.3. The van der Waals surface area contributed by atoms with Crippen LogP contribution in [0.5, 0.6) is 0 Å². The van der Waals surface area contributed by atoms with Crippen molar-refractivity contribution in [3.05, 3.63) is 42.0 Å². The molecular weight excluding hydrogens is 304 g/mol. The summed E-state index contributed by atoms with van der Waals surface area (Å²) in [6, 6.07) is 7.62. The summed E-state index contributed by atoms with van der Waals surface area (Å²) in [7, 11) is 1.78. The third-order valence-corrected chi connectivity index (χ3v) is 4.65. The zero-order valence-corrected chi connectivity index (χ0v) is 14.2. The minimum Gasteiger partial charge on any atom is -0.345 e. The summed E-state index contributed by atoms with van der Waals surface area (Å²) in [6.07, 6.45) is 2.78. The number of hydrogen-bond donors (Lipinski definition) is 1. The number of carbonyl (C=O) groups excluding carboxylic acids is 2. The quantitative estimate of drug-likeness (QED) is 0.937. The Bertz CT molecular complexity index is 764. The lowest BCUT2D eigenvalue weighted by Gasteiger charge is -2.11. The third kappa shape index (κ3) is 3.18. The van der Waals surface area contributed by atoms with Crippen LogP contribution in [0.3, 0.4) is 0 Å². The normalized spacial score (nSPS) is 17.4. The van der Waals surface area contributed by atoms with Crippen molar-refractivity contribution in [2.75, 3.05) is 18.9 Å². The van der Waals surface area contributed by atoms with Crippen molar-refractivity contribution >= 4 is 17.5 Å². The van der Waals surface area contributed by atoms with Crippen LogP contribution in [0.15, 0.2) is 30.6 Å². The summed E-state index contributed by atoms with van der Waals surface area (Å²) in [5, 5.41) is 2.87. The van der Waals surface area contributed by atoms with Crippen molar-refractivity contribution in [3.8, 4) is 5.69 Å². The average Bonchev–Trinajstić information content (AvgIpc) is 3.05. The Balaban J connectivity index is 1.63. The number of benzene rings is 1. The van der Waals surface area contributed by atoms with E-state index >= 15 is 0 Å². The molecule has 2 amide bonds. The van der Waals surface area contributed by atoms with Gasteiger partial charge in [-0.25, -0.2) is 4.98 Å². The van der Waals surface area contributed by atoms with E-state index in [0.717, 1.165) is 35.7 Å². The predicted molar refractivity (Wildman–Crippen MR) is 92.0 cm³/mol. The minimum atomic E-state index is -0.189. The van der Waals surface area contributed by atoms with Gasteiger partial charge in [0, 0.05) is 43.0 Å². The number of imidazole rings is 1. The predicted octanol–water partition coefficient (Wildman–Crippen LogP) is 2.30. The monoisotopic (exact) mass is 326 g/mol.